The number of aromatic nitrogens is 2. The smallest absolute Gasteiger partial charge is 0.261 e. The van der Waals surface area contributed by atoms with E-state index in [0.717, 1.165) is 4.88 Å². The van der Waals surface area contributed by atoms with Crippen molar-refractivity contribution in [1.29, 1.82) is 0 Å². The highest BCUT2D eigenvalue weighted by atomic mass is 32.1. The summed E-state index contributed by atoms with van der Waals surface area (Å²) in [6.45, 7) is 1.78. The van der Waals surface area contributed by atoms with Crippen LogP contribution in [0.5, 0.6) is 0 Å². The SMILES string of the molecule is Cc1sc(C(N)=O)cc1NC(=O)c1cn[nH]c1N. The lowest BCUT2D eigenvalue weighted by Crippen LogP contribution is -2.13. The summed E-state index contributed by atoms with van der Waals surface area (Å²) in [4.78, 5) is 24.1. The summed E-state index contributed by atoms with van der Waals surface area (Å²) < 4.78 is 0. The molecule has 2 aromatic rings. The predicted octanol–water partition coefficient (Wildman–Crippen LogP) is 0.713. The van der Waals surface area contributed by atoms with Crippen LogP contribution >= 0.6 is 11.3 Å². The van der Waals surface area contributed by atoms with Crippen LogP contribution in [0.15, 0.2) is 12.3 Å². The standard InChI is InChI=1S/C10H11N5O2S/c1-4-6(2-7(18-4)9(12)16)14-10(17)5-3-13-15-8(5)11/h2-3H,1H3,(H2,12,16)(H,14,17)(H3,11,13,15). The molecule has 7 nitrogen and oxygen atoms in total. The van der Waals surface area contributed by atoms with Gasteiger partial charge in [-0.1, -0.05) is 0 Å². The van der Waals surface area contributed by atoms with Gasteiger partial charge in [-0.25, -0.2) is 0 Å². The Hall–Kier alpha value is -2.35. The van der Waals surface area contributed by atoms with Gasteiger partial charge in [0, 0.05) is 4.88 Å². The third-order valence-corrected chi connectivity index (χ3v) is 3.39. The van der Waals surface area contributed by atoms with Crippen LogP contribution in [0.1, 0.15) is 24.9 Å². The Morgan fingerprint density at radius 1 is 1.50 bits per heavy atom. The Kier molecular flexibility index (Phi) is 3.02. The van der Waals surface area contributed by atoms with E-state index < -0.39 is 11.8 Å². The number of carbonyl (C=O) groups excluding carboxylic acids is 2. The zero-order chi connectivity index (χ0) is 13.3. The minimum absolute atomic E-state index is 0.190. The molecule has 2 amide bonds. The third kappa shape index (κ3) is 2.18. The maximum atomic E-state index is 11.9. The average molecular weight is 265 g/mol. The molecule has 2 rings (SSSR count). The largest absolute Gasteiger partial charge is 0.383 e. The first-order chi connectivity index (χ1) is 8.49. The van der Waals surface area contributed by atoms with E-state index in [1.54, 1.807) is 6.92 Å². The van der Waals surface area contributed by atoms with Crippen LogP contribution in [0, 0.1) is 6.92 Å². The number of hydrogen-bond donors (Lipinski definition) is 4. The highest BCUT2D eigenvalue weighted by Gasteiger charge is 2.15. The lowest BCUT2D eigenvalue weighted by Gasteiger charge is -2.02. The molecule has 0 unspecified atom stereocenters. The summed E-state index contributed by atoms with van der Waals surface area (Å²) >= 11 is 1.22. The number of nitrogen functional groups attached to an aromatic ring is 1. The molecule has 0 aliphatic rings. The van der Waals surface area contributed by atoms with Crippen molar-refractivity contribution >= 4 is 34.7 Å². The molecule has 6 N–H and O–H groups in total. The molecule has 0 radical (unpaired) electrons. The van der Waals surface area contributed by atoms with Crippen molar-refractivity contribution in [1.82, 2.24) is 10.2 Å². The molecule has 0 atom stereocenters. The molecule has 2 heterocycles. The molecule has 0 aliphatic carbocycles. The quantitative estimate of drug-likeness (QED) is 0.651. The van der Waals surface area contributed by atoms with E-state index in [1.807, 2.05) is 0 Å². The fourth-order valence-corrected chi connectivity index (χ4v) is 2.22. The van der Waals surface area contributed by atoms with Gasteiger partial charge in [-0.05, 0) is 13.0 Å². The fourth-order valence-electron chi connectivity index (χ4n) is 1.39. The molecule has 0 fully saturated rings. The minimum Gasteiger partial charge on any atom is -0.383 e. The van der Waals surface area contributed by atoms with E-state index in [4.69, 9.17) is 11.5 Å². The topological polar surface area (TPSA) is 127 Å². The van der Waals surface area contributed by atoms with Gasteiger partial charge in [0.1, 0.15) is 11.4 Å². The molecule has 0 aliphatic heterocycles. The van der Waals surface area contributed by atoms with Crippen LogP contribution in [0.25, 0.3) is 0 Å². The maximum Gasteiger partial charge on any atom is 0.261 e. The highest BCUT2D eigenvalue weighted by molar-refractivity contribution is 7.14. The Balaban J connectivity index is 2.22. The summed E-state index contributed by atoms with van der Waals surface area (Å²) in [7, 11) is 0. The van der Waals surface area contributed by atoms with E-state index in [2.05, 4.69) is 15.5 Å². The molecule has 0 saturated heterocycles. The lowest BCUT2D eigenvalue weighted by atomic mass is 10.3. The van der Waals surface area contributed by atoms with Gasteiger partial charge in [0.15, 0.2) is 0 Å². The predicted molar refractivity (Wildman–Crippen MR) is 68.5 cm³/mol. The van der Waals surface area contributed by atoms with Gasteiger partial charge in [-0.2, -0.15) is 5.10 Å². The van der Waals surface area contributed by atoms with Crippen LogP contribution in [-0.2, 0) is 0 Å². The van der Waals surface area contributed by atoms with Gasteiger partial charge in [0.2, 0.25) is 0 Å². The highest BCUT2D eigenvalue weighted by Crippen LogP contribution is 2.26. The zero-order valence-corrected chi connectivity index (χ0v) is 10.3. The van der Waals surface area contributed by atoms with Crippen molar-refractivity contribution in [3.05, 3.63) is 27.6 Å². The number of primary amides is 1. The van der Waals surface area contributed by atoms with E-state index >= 15 is 0 Å². The summed E-state index contributed by atoms with van der Waals surface area (Å²) in [5.74, 6) is -0.722. The Labute approximate surface area is 106 Å². The number of hydrogen-bond acceptors (Lipinski definition) is 5. The van der Waals surface area contributed by atoms with Gasteiger partial charge in [-0.3, -0.25) is 14.7 Å². The van der Waals surface area contributed by atoms with Gasteiger partial charge >= 0.3 is 0 Å². The van der Waals surface area contributed by atoms with Crippen LogP contribution in [0.4, 0.5) is 11.5 Å². The number of nitrogens with two attached hydrogens (primary N) is 2. The fraction of sp³-hybridized carbons (Fsp3) is 0.100. The number of aromatic amines is 1. The number of amides is 2. The second-order valence-electron chi connectivity index (χ2n) is 3.60. The van der Waals surface area contributed by atoms with Crippen molar-refractivity contribution in [2.24, 2.45) is 5.73 Å². The van der Waals surface area contributed by atoms with Gasteiger partial charge in [0.05, 0.1) is 16.8 Å². The molecular weight excluding hydrogens is 254 g/mol. The number of H-pyrrole nitrogens is 1. The van der Waals surface area contributed by atoms with Crippen molar-refractivity contribution in [3.63, 3.8) is 0 Å². The number of anilines is 2. The molecule has 18 heavy (non-hydrogen) atoms. The number of thiophene rings is 1. The minimum atomic E-state index is -0.522. The number of nitrogens with zero attached hydrogens (tertiary/aromatic N) is 1. The summed E-state index contributed by atoms with van der Waals surface area (Å²) in [6.07, 6.45) is 1.33. The van der Waals surface area contributed by atoms with Crippen LogP contribution < -0.4 is 16.8 Å². The average Bonchev–Trinajstić information content (AvgIpc) is 2.86. The van der Waals surface area contributed by atoms with Crippen molar-refractivity contribution in [3.8, 4) is 0 Å². The molecule has 8 heteroatoms. The molecule has 2 aromatic heterocycles. The van der Waals surface area contributed by atoms with Crippen molar-refractivity contribution < 1.29 is 9.59 Å². The second kappa shape index (κ2) is 4.49. The normalized spacial score (nSPS) is 10.3. The Bertz CT molecular complexity index is 616. The third-order valence-electron chi connectivity index (χ3n) is 2.32. The summed E-state index contributed by atoms with van der Waals surface area (Å²) in [5, 5.41) is 8.78. The lowest BCUT2D eigenvalue weighted by molar-refractivity contribution is 0.1000. The molecule has 0 bridgehead atoms. The zero-order valence-electron chi connectivity index (χ0n) is 9.48. The monoisotopic (exact) mass is 265 g/mol. The van der Waals surface area contributed by atoms with Crippen molar-refractivity contribution in [2.45, 2.75) is 6.92 Å². The molecule has 0 saturated carbocycles. The Morgan fingerprint density at radius 2 is 2.22 bits per heavy atom. The number of carbonyl (C=O) groups is 2. The summed E-state index contributed by atoms with van der Waals surface area (Å²) in [6, 6.07) is 1.54. The van der Waals surface area contributed by atoms with Gasteiger partial charge in [-0.15, -0.1) is 11.3 Å². The Morgan fingerprint density at radius 3 is 2.72 bits per heavy atom. The van der Waals surface area contributed by atoms with Crippen LogP contribution in [0.3, 0.4) is 0 Å². The maximum absolute atomic E-state index is 11.9. The van der Waals surface area contributed by atoms with E-state index in [9.17, 15) is 9.59 Å². The number of rotatable bonds is 3. The summed E-state index contributed by atoms with van der Waals surface area (Å²) in [5.41, 5.74) is 11.5. The molecule has 94 valence electrons. The first kappa shape index (κ1) is 12.1. The van der Waals surface area contributed by atoms with Crippen molar-refractivity contribution in [2.75, 3.05) is 11.1 Å². The van der Waals surface area contributed by atoms with E-state index in [1.165, 1.54) is 23.6 Å². The molecular formula is C10H11N5O2S. The first-order valence-electron chi connectivity index (χ1n) is 4.99. The first-order valence-corrected chi connectivity index (χ1v) is 5.81. The van der Waals surface area contributed by atoms with Gasteiger partial charge < -0.3 is 16.8 Å². The number of nitrogens with one attached hydrogen (secondary N) is 2. The van der Waals surface area contributed by atoms with Gasteiger partial charge in [0.25, 0.3) is 11.8 Å². The number of aryl methyl sites for hydroxylation is 1. The second-order valence-corrected chi connectivity index (χ2v) is 4.85. The molecule has 0 aromatic carbocycles. The molecule has 0 spiro atoms. The van der Waals surface area contributed by atoms with Crippen LogP contribution in [-0.4, -0.2) is 22.0 Å². The van der Waals surface area contributed by atoms with E-state index in [0.29, 0.717) is 10.6 Å². The van der Waals surface area contributed by atoms with E-state index in [-0.39, 0.29) is 11.4 Å². The van der Waals surface area contributed by atoms with Crippen LogP contribution in [0.2, 0.25) is 0 Å².